The van der Waals surface area contributed by atoms with Crippen molar-refractivity contribution in [1.29, 1.82) is 0 Å². The average molecular weight is 376 g/mol. The van der Waals surface area contributed by atoms with Crippen molar-refractivity contribution in [3.8, 4) is 5.75 Å². The maximum atomic E-state index is 12.4. The first-order valence-electron chi connectivity index (χ1n) is 9.10. The van der Waals surface area contributed by atoms with E-state index in [1.165, 1.54) is 12.5 Å². The monoisotopic (exact) mass is 376 g/mol. The van der Waals surface area contributed by atoms with Gasteiger partial charge in [0.2, 0.25) is 0 Å². The van der Waals surface area contributed by atoms with Crippen molar-refractivity contribution in [3.05, 3.63) is 76.8 Å². The molecule has 0 atom stereocenters. The molecule has 4 aromatic rings. The molecule has 0 saturated heterocycles. The lowest BCUT2D eigenvalue weighted by atomic mass is 10.1. The summed E-state index contributed by atoms with van der Waals surface area (Å²) in [6, 6.07) is 17.0. The molecule has 28 heavy (non-hydrogen) atoms. The van der Waals surface area contributed by atoms with Crippen molar-refractivity contribution < 1.29 is 13.9 Å². The Kier molecular flexibility index (Phi) is 4.85. The number of methoxy groups -OCH3 is 1. The minimum atomic E-state index is -0.675. The second-order valence-corrected chi connectivity index (χ2v) is 6.50. The van der Waals surface area contributed by atoms with Crippen LogP contribution in [0.15, 0.2) is 70.0 Å². The normalized spacial score (nSPS) is 11.0. The fourth-order valence-corrected chi connectivity index (χ4v) is 3.32. The summed E-state index contributed by atoms with van der Waals surface area (Å²) in [5.74, 6) is 0.0244. The standard InChI is InChI=1S/C22H20N2O4/c1-27-19-9-4-7-16-14-17(22(26)28-20(16)19)21(25)23-11-5-12-24-13-10-15-6-2-3-8-18(15)24/h2-4,6-10,13-14H,5,11-12H2,1H3,(H,23,25). The number of para-hydroxylation sites is 2. The fraction of sp³-hybridized carbons (Fsp3) is 0.182. The van der Waals surface area contributed by atoms with Crippen molar-refractivity contribution in [1.82, 2.24) is 9.88 Å². The number of carbonyl (C=O) groups is 1. The molecule has 1 amide bonds. The zero-order valence-electron chi connectivity index (χ0n) is 15.5. The first-order chi connectivity index (χ1) is 13.7. The van der Waals surface area contributed by atoms with E-state index in [1.807, 2.05) is 18.3 Å². The van der Waals surface area contributed by atoms with Gasteiger partial charge in [-0.15, -0.1) is 0 Å². The van der Waals surface area contributed by atoms with E-state index >= 15 is 0 Å². The molecule has 2 heterocycles. The molecule has 6 heteroatoms. The number of nitrogens with one attached hydrogen (secondary N) is 1. The average Bonchev–Trinajstić information content (AvgIpc) is 3.13. The van der Waals surface area contributed by atoms with Gasteiger partial charge in [-0.3, -0.25) is 4.79 Å². The van der Waals surface area contributed by atoms with E-state index in [0.717, 1.165) is 18.5 Å². The molecule has 4 rings (SSSR count). The number of aromatic nitrogens is 1. The van der Waals surface area contributed by atoms with Crippen molar-refractivity contribution in [3.63, 3.8) is 0 Å². The molecule has 2 aromatic carbocycles. The lowest BCUT2D eigenvalue weighted by molar-refractivity contribution is 0.0949. The van der Waals surface area contributed by atoms with Gasteiger partial charge in [0.1, 0.15) is 5.56 Å². The topological polar surface area (TPSA) is 73.5 Å². The maximum Gasteiger partial charge on any atom is 0.349 e. The summed E-state index contributed by atoms with van der Waals surface area (Å²) in [5.41, 5.74) is 0.821. The summed E-state index contributed by atoms with van der Waals surface area (Å²) in [6.07, 6.45) is 2.79. The highest BCUT2D eigenvalue weighted by molar-refractivity contribution is 5.97. The molecule has 0 saturated carbocycles. The van der Waals surface area contributed by atoms with E-state index in [4.69, 9.17) is 9.15 Å². The zero-order valence-corrected chi connectivity index (χ0v) is 15.5. The molecule has 0 aliphatic rings. The molecule has 0 unspecified atom stereocenters. The quantitative estimate of drug-likeness (QED) is 0.412. The van der Waals surface area contributed by atoms with Gasteiger partial charge in [0.25, 0.3) is 5.91 Å². The number of rotatable bonds is 6. The Bertz CT molecular complexity index is 1210. The van der Waals surface area contributed by atoms with Crippen LogP contribution in [0.2, 0.25) is 0 Å². The largest absolute Gasteiger partial charge is 0.493 e. The molecule has 0 aliphatic heterocycles. The van der Waals surface area contributed by atoms with E-state index in [9.17, 15) is 9.59 Å². The predicted molar refractivity (Wildman–Crippen MR) is 108 cm³/mol. The highest BCUT2D eigenvalue weighted by Crippen LogP contribution is 2.24. The maximum absolute atomic E-state index is 12.4. The van der Waals surface area contributed by atoms with Crippen LogP contribution in [0.3, 0.4) is 0 Å². The van der Waals surface area contributed by atoms with Gasteiger partial charge in [0.15, 0.2) is 11.3 Å². The minimum Gasteiger partial charge on any atom is -0.493 e. The van der Waals surface area contributed by atoms with Crippen LogP contribution in [-0.2, 0) is 6.54 Å². The first kappa shape index (κ1) is 17.9. The Morgan fingerprint density at radius 3 is 2.79 bits per heavy atom. The number of fused-ring (bicyclic) bond motifs is 2. The highest BCUT2D eigenvalue weighted by atomic mass is 16.5. The van der Waals surface area contributed by atoms with Gasteiger partial charge >= 0.3 is 5.63 Å². The SMILES string of the molecule is COc1cccc2cc(C(=O)NCCCn3ccc4ccccc43)c(=O)oc12. The van der Waals surface area contributed by atoms with Crippen molar-refractivity contribution in [2.45, 2.75) is 13.0 Å². The Morgan fingerprint density at radius 2 is 1.93 bits per heavy atom. The molecule has 0 aliphatic carbocycles. The number of ether oxygens (including phenoxy) is 1. The third-order valence-corrected chi connectivity index (χ3v) is 4.73. The molecule has 0 bridgehead atoms. The molecule has 2 aromatic heterocycles. The zero-order chi connectivity index (χ0) is 19.5. The molecule has 1 N–H and O–H groups in total. The number of amides is 1. The fourth-order valence-electron chi connectivity index (χ4n) is 3.32. The molecule has 0 fully saturated rings. The lowest BCUT2D eigenvalue weighted by Crippen LogP contribution is -2.29. The lowest BCUT2D eigenvalue weighted by Gasteiger charge is -2.08. The van der Waals surface area contributed by atoms with Gasteiger partial charge in [0.05, 0.1) is 7.11 Å². The smallest absolute Gasteiger partial charge is 0.349 e. The van der Waals surface area contributed by atoms with Crippen LogP contribution in [0, 0.1) is 0 Å². The Hall–Kier alpha value is -3.54. The van der Waals surface area contributed by atoms with E-state index in [2.05, 4.69) is 28.1 Å². The van der Waals surface area contributed by atoms with Gasteiger partial charge in [-0.25, -0.2) is 4.79 Å². The Labute approximate surface area is 161 Å². The third kappa shape index (κ3) is 3.36. The van der Waals surface area contributed by atoms with Crippen molar-refractivity contribution >= 4 is 27.8 Å². The molecular weight excluding hydrogens is 356 g/mol. The van der Waals surface area contributed by atoms with E-state index in [0.29, 0.717) is 23.3 Å². The number of nitrogens with zero attached hydrogens (tertiary/aromatic N) is 1. The molecule has 142 valence electrons. The number of benzene rings is 2. The second kappa shape index (κ2) is 7.60. The van der Waals surface area contributed by atoms with Crippen molar-refractivity contribution in [2.24, 2.45) is 0 Å². The van der Waals surface area contributed by atoms with Gasteiger partial charge < -0.3 is 19.0 Å². The molecule has 6 nitrogen and oxygen atoms in total. The van der Waals surface area contributed by atoms with Gasteiger partial charge in [-0.1, -0.05) is 30.3 Å². The third-order valence-electron chi connectivity index (χ3n) is 4.73. The summed E-state index contributed by atoms with van der Waals surface area (Å²) < 4.78 is 12.6. The summed E-state index contributed by atoms with van der Waals surface area (Å²) >= 11 is 0. The number of hydrogen-bond acceptors (Lipinski definition) is 4. The van der Waals surface area contributed by atoms with Gasteiger partial charge in [0, 0.05) is 30.2 Å². The summed E-state index contributed by atoms with van der Waals surface area (Å²) in [4.78, 5) is 24.6. The van der Waals surface area contributed by atoms with E-state index < -0.39 is 11.5 Å². The Morgan fingerprint density at radius 1 is 1.11 bits per heavy atom. The predicted octanol–water partition coefficient (Wildman–Crippen LogP) is 3.58. The van der Waals surface area contributed by atoms with Crippen LogP contribution in [-0.4, -0.2) is 24.1 Å². The highest BCUT2D eigenvalue weighted by Gasteiger charge is 2.15. The second-order valence-electron chi connectivity index (χ2n) is 6.50. The van der Waals surface area contributed by atoms with Crippen LogP contribution in [0.1, 0.15) is 16.8 Å². The van der Waals surface area contributed by atoms with Gasteiger partial charge in [-0.05, 0) is 36.1 Å². The number of aryl methyl sites for hydroxylation is 1. The first-order valence-corrected chi connectivity index (χ1v) is 9.10. The van der Waals surface area contributed by atoms with Crippen LogP contribution in [0.4, 0.5) is 0 Å². The van der Waals surface area contributed by atoms with Crippen LogP contribution < -0.4 is 15.7 Å². The summed E-state index contributed by atoms with van der Waals surface area (Å²) in [5, 5.41) is 4.63. The van der Waals surface area contributed by atoms with Crippen LogP contribution in [0.5, 0.6) is 5.75 Å². The molecule has 0 spiro atoms. The number of carbonyl (C=O) groups excluding carboxylic acids is 1. The molecule has 0 radical (unpaired) electrons. The van der Waals surface area contributed by atoms with E-state index in [1.54, 1.807) is 24.3 Å². The van der Waals surface area contributed by atoms with Gasteiger partial charge in [-0.2, -0.15) is 0 Å². The van der Waals surface area contributed by atoms with Crippen LogP contribution in [0.25, 0.3) is 21.9 Å². The summed E-state index contributed by atoms with van der Waals surface area (Å²) in [6.45, 7) is 1.23. The molecular formula is C22H20N2O4. The number of hydrogen-bond donors (Lipinski definition) is 1. The van der Waals surface area contributed by atoms with Crippen molar-refractivity contribution in [2.75, 3.05) is 13.7 Å². The summed E-state index contributed by atoms with van der Waals surface area (Å²) in [7, 11) is 1.50. The van der Waals surface area contributed by atoms with Crippen LogP contribution >= 0.6 is 0 Å². The van der Waals surface area contributed by atoms with E-state index in [-0.39, 0.29) is 5.56 Å². The Balaban J connectivity index is 1.42. The minimum absolute atomic E-state index is 0.00725.